The molecule has 0 saturated carbocycles. The van der Waals surface area contributed by atoms with Crippen LogP contribution in [0.1, 0.15) is 128 Å². The highest BCUT2D eigenvalue weighted by Gasteiger charge is 2.24. The van der Waals surface area contributed by atoms with E-state index in [0.29, 0.717) is 0 Å². The van der Waals surface area contributed by atoms with Crippen molar-refractivity contribution < 1.29 is 0 Å². The smallest absolute Gasteiger partial charge is 0.0119 e. The monoisotopic (exact) mass is 402 g/mol. The van der Waals surface area contributed by atoms with Crippen molar-refractivity contribution in [3.63, 3.8) is 0 Å². The van der Waals surface area contributed by atoms with Gasteiger partial charge in [-0.2, -0.15) is 0 Å². The molecule has 1 atom stereocenters. The van der Waals surface area contributed by atoms with Crippen molar-refractivity contribution in [3.05, 3.63) is 0 Å². The Kier molecular flexibility index (Phi) is 39.9. The minimum absolute atomic E-state index is 0.849. The van der Waals surface area contributed by atoms with Gasteiger partial charge in [0.15, 0.2) is 0 Å². The second-order valence-electron chi connectivity index (χ2n) is 7.65. The normalized spacial score (nSPS) is 18.1. The van der Waals surface area contributed by atoms with Gasteiger partial charge in [-0.15, -0.1) is 0 Å². The van der Waals surface area contributed by atoms with Gasteiger partial charge >= 0.3 is 0 Å². The van der Waals surface area contributed by atoms with Crippen LogP contribution in [0.15, 0.2) is 0 Å². The van der Waals surface area contributed by atoms with Crippen LogP contribution in [-0.4, -0.2) is 49.1 Å². The number of unbranched alkanes of at least 4 members (excludes halogenated alkanes) is 2. The van der Waals surface area contributed by atoms with Gasteiger partial charge in [0.05, 0.1) is 0 Å². The first-order valence-electron chi connectivity index (χ1n) is 12.9. The Balaban J connectivity index is -0.000000139. The van der Waals surface area contributed by atoms with Crippen LogP contribution in [0.4, 0.5) is 0 Å². The summed E-state index contributed by atoms with van der Waals surface area (Å²) in [6.07, 6.45) is 11.0. The first-order valence-corrected chi connectivity index (χ1v) is 12.9. The lowest BCUT2D eigenvalue weighted by atomic mass is 10.0. The summed E-state index contributed by atoms with van der Waals surface area (Å²) in [6, 6.07) is 0.880. The van der Waals surface area contributed by atoms with Crippen molar-refractivity contribution in [1.82, 2.24) is 9.80 Å². The number of rotatable bonds is 4. The molecule has 0 aromatic heterocycles. The minimum atomic E-state index is 0.849. The highest BCUT2D eigenvalue weighted by atomic mass is 15.2. The van der Waals surface area contributed by atoms with Crippen molar-refractivity contribution in [1.29, 1.82) is 0 Å². The van der Waals surface area contributed by atoms with Crippen LogP contribution in [-0.2, 0) is 0 Å². The van der Waals surface area contributed by atoms with Crippen molar-refractivity contribution in [2.24, 2.45) is 5.92 Å². The van der Waals surface area contributed by atoms with E-state index in [1.807, 2.05) is 27.7 Å². The van der Waals surface area contributed by atoms with Gasteiger partial charge in [0.25, 0.3) is 0 Å². The quantitative estimate of drug-likeness (QED) is 0.465. The van der Waals surface area contributed by atoms with Gasteiger partial charge in [-0.25, -0.2) is 0 Å². The summed E-state index contributed by atoms with van der Waals surface area (Å²) in [4.78, 5) is 4.96. The fraction of sp³-hybridized carbons (Fsp3) is 1.00. The van der Waals surface area contributed by atoms with E-state index in [4.69, 9.17) is 0 Å². The first-order chi connectivity index (χ1) is 13.5. The van der Waals surface area contributed by atoms with E-state index in [-0.39, 0.29) is 0 Å². The molecular formula is C26H62N2. The lowest BCUT2D eigenvalue weighted by Gasteiger charge is -2.25. The Morgan fingerprint density at radius 1 is 0.750 bits per heavy atom. The molecule has 1 unspecified atom stereocenters. The second-order valence-corrected chi connectivity index (χ2v) is 7.65. The van der Waals surface area contributed by atoms with Gasteiger partial charge in [-0.3, -0.25) is 0 Å². The molecule has 0 spiro atoms. The Morgan fingerprint density at radius 3 is 1.36 bits per heavy atom. The maximum Gasteiger partial charge on any atom is 0.0119 e. The third-order valence-corrected chi connectivity index (χ3v) is 4.63. The molecule has 0 N–H and O–H groups in total. The second kappa shape index (κ2) is 31.6. The fourth-order valence-electron chi connectivity index (χ4n) is 3.23. The standard InChI is InChI=1S/C9H19N.C5H11N.C5H12.C3H8.2C2H6/c1-4-10-7-5-6-9(10)8(2)3;1-6-4-2-3-5-6;1-3-5-4-2;1-3-2;2*1-2/h8-9H,4-7H2,1-3H3;2-5H2,1H3;3-5H2,1-2H3;3H2,1-2H3;2*1-2H3. The van der Waals surface area contributed by atoms with E-state index in [0.717, 1.165) is 12.0 Å². The van der Waals surface area contributed by atoms with Gasteiger partial charge in [-0.1, -0.05) is 102 Å². The number of likely N-dealkylation sites (tertiary alicyclic amines) is 2. The van der Waals surface area contributed by atoms with E-state index in [1.165, 1.54) is 77.5 Å². The van der Waals surface area contributed by atoms with Crippen LogP contribution < -0.4 is 0 Å². The number of hydrogen-bond acceptors (Lipinski definition) is 2. The van der Waals surface area contributed by atoms with Crippen LogP contribution in [0.5, 0.6) is 0 Å². The van der Waals surface area contributed by atoms with Crippen molar-refractivity contribution >= 4 is 0 Å². The molecular weight excluding hydrogens is 340 g/mol. The van der Waals surface area contributed by atoms with Crippen LogP contribution in [0.2, 0.25) is 0 Å². The Morgan fingerprint density at radius 2 is 1.18 bits per heavy atom. The van der Waals surface area contributed by atoms with Crippen molar-refractivity contribution in [2.45, 2.75) is 134 Å². The highest BCUT2D eigenvalue weighted by molar-refractivity contribution is 4.80. The molecule has 2 heteroatoms. The summed E-state index contributed by atoms with van der Waals surface area (Å²) < 4.78 is 0. The largest absolute Gasteiger partial charge is 0.306 e. The molecule has 0 aromatic rings. The zero-order valence-corrected chi connectivity index (χ0v) is 22.5. The maximum atomic E-state index is 2.60. The summed E-state index contributed by atoms with van der Waals surface area (Å²) >= 11 is 0. The average molecular weight is 403 g/mol. The van der Waals surface area contributed by atoms with Gasteiger partial charge in [0.1, 0.15) is 0 Å². The zero-order valence-electron chi connectivity index (χ0n) is 22.5. The minimum Gasteiger partial charge on any atom is -0.306 e. The molecule has 0 aliphatic carbocycles. The Hall–Kier alpha value is -0.0800. The fourth-order valence-corrected chi connectivity index (χ4v) is 3.23. The predicted octanol–water partition coefficient (Wildman–Crippen LogP) is 8.50. The van der Waals surface area contributed by atoms with Crippen LogP contribution >= 0.6 is 0 Å². The summed E-state index contributed by atoms with van der Waals surface area (Å²) in [5.41, 5.74) is 0. The van der Waals surface area contributed by atoms with E-state index >= 15 is 0 Å². The summed E-state index contributed by atoms with van der Waals surface area (Å²) in [6.45, 7) is 28.8. The van der Waals surface area contributed by atoms with E-state index in [2.05, 4.69) is 65.3 Å². The average Bonchev–Trinajstić information content (AvgIpc) is 3.38. The predicted molar refractivity (Wildman–Crippen MR) is 136 cm³/mol. The molecule has 0 amide bonds. The topological polar surface area (TPSA) is 6.48 Å². The van der Waals surface area contributed by atoms with E-state index in [1.54, 1.807) is 0 Å². The molecule has 2 rings (SSSR count). The molecule has 0 bridgehead atoms. The van der Waals surface area contributed by atoms with Crippen molar-refractivity contribution in [3.8, 4) is 0 Å². The lowest BCUT2D eigenvalue weighted by molar-refractivity contribution is 0.217. The summed E-state index contributed by atoms with van der Waals surface area (Å²) in [5.74, 6) is 0.849. The first kappa shape index (κ1) is 35.4. The maximum absolute atomic E-state index is 2.60. The molecule has 2 fully saturated rings. The van der Waals surface area contributed by atoms with Crippen LogP contribution in [0.25, 0.3) is 0 Å². The molecule has 2 nitrogen and oxygen atoms in total. The molecule has 28 heavy (non-hydrogen) atoms. The van der Waals surface area contributed by atoms with Gasteiger partial charge in [0, 0.05) is 6.04 Å². The SMILES string of the molecule is CC.CC.CCC.CCCCC.CCN1CCCC1C(C)C.CN1CCCC1. The highest BCUT2D eigenvalue weighted by Crippen LogP contribution is 2.22. The van der Waals surface area contributed by atoms with Crippen LogP contribution in [0.3, 0.4) is 0 Å². The van der Waals surface area contributed by atoms with E-state index < -0.39 is 0 Å². The third-order valence-electron chi connectivity index (χ3n) is 4.63. The Bertz CT molecular complexity index is 220. The molecule has 2 aliphatic heterocycles. The molecule has 2 saturated heterocycles. The van der Waals surface area contributed by atoms with Gasteiger partial charge < -0.3 is 9.80 Å². The molecule has 176 valence electrons. The molecule has 2 heterocycles. The number of nitrogens with zero attached hydrogens (tertiary/aromatic N) is 2. The zero-order chi connectivity index (χ0) is 22.8. The summed E-state index contributed by atoms with van der Waals surface area (Å²) in [7, 11) is 2.17. The van der Waals surface area contributed by atoms with Crippen molar-refractivity contribution in [2.75, 3.05) is 33.2 Å². The van der Waals surface area contributed by atoms with Crippen LogP contribution in [0, 0.1) is 5.92 Å². The van der Waals surface area contributed by atoms with Gasteiger partial charge in [0.2, 0.25) is 0 Å². The lowest BCUT2D eigenvalue weighted by Crippen LogP contribution is -2.32. The summed E-state index contributed by atoms with van der Waals surface area (Å²) in [5, 5.41) is 0. The molecule has 2 aliphatic rings. The Labute approximate surface area is 182 Å². The van der Waals surface area contributed by atoms with Gasteiger partial charge in [-0.05, 0) is 64.8 Å². The van der Waals surface area contributed by atoms with E-state index in [9.17, 15) is 0 Å². The third kappa shape index (κ3) is 25.9. The molecule has 0 radical (unpaired) electrons. The molecule has 0 aromatic carbocycles. The number of hydrogen-bond donors (Lipinski definition) is 0.